The van der Waals surface area contributed by atoms with E-state index in [4.69, 9.17) is 0 Å². The molecule has 0 saturated heterocycles. The second-order valence-electron chi connectivity index (χ2n) is 8.61. The molecule has 1 amide bonds. The van der Waals surface area contributed by atoms with Crippen LogP contribution in [0, 0.1) is 11.7 Å². The number of hydrogen-bond donors (Lipinski definition) is 1. The van der Waals surface area contributed by atoms with E-state index in [2.05, 4.69) is 5.32 Å². The molecule has 166 valence electrons. The van der Waals surface area contributed by atoms with Crippen LogP contribution in [0.2, 0.25) is 0 Å². The van der Waals surface area contributed by atoms with Crippen LogP contribution in [0.3, 0.4) is 0 Å². The summed E-state index contributed by atoms with van der Waals surface area (Å²) in [5.41, 5.74) is 1.79. The number of benzene rings is 2. The number of aromatic nitrogens is 1. The first-order valence-corrected chi connectivity index (χ1v) is 11.4. The Bertz CT molecular complexity index is 1020. The largest absolute Gasteiger partial charge is 0.340 e. The predicted octanol–water partition coefficient (Wildman–Crippen LogP) is 5.82. The highest BCUT2D eigenvalue weighted by molar-refractivity contribution is 5.97. The minimum Gasteiger partial charge on any atom is -0.340 e. The van der Waals surface area contributed by atoms with Gasteiger partial charge in [0.2, 0.25) is 0 Å². The minimum absolute atomic E-state index is 0.113. The molecule has 4 rings (SSSR count). The van der Waals surface area contributed by atoms with Crippen molar-refractivity contribution < 1.29 is 14.0 Å². The molecule has 1 aliphatic rings. The Labute approximate surface area is 188 Å². The van der Waals surface area contributed by atoms with Crippen LogP contribution in [0.5, 0.6) is 0 Å². The van der Waals surface area contributed by atoms with Crippen molar-refractivity contribution >= 4 is 11.8 Å². The van der Waals surface area contributed by atoms with E-state index >= 15 is 0 Å². The van der Waals surface area contributed by atoms with E-state index < -0.39 is 6.04 Å². The number of unbranched alkanes of at least 4 members (excludes halogenated alkanes) is 2. The topological polar surface area (TPSA) is 51.1 Å². The van der Waals surface area contributed by atoms with E-state index in [1.807, 2.05) is 30.3 Å². The highest BCUT2D eigenvalue weighted by Crippen LogP contribution is 2.50. The first-order valence-electron chi connectivity index (χ1n) is 11.4. The van der Waals surface area contributed by atoms with E-state index in [0.717, 1.165) is 25.7 Å². The van der Waals surface area contributed by atoms with Gasteiger partial charge in [0, 0.05) is 18.0 Å². The summed E-state index contributed by atoms with van der Waals surface area (Å²) in [5.74, 6) is 0.711. The zero-order chi connectivity index (χ0) is 22.3. The molecule has 1 aromatic heterocycles. The number of carbonyl (C=O) groups is 2. The fourth-order valence-electron chi connectivity index (χ4n) is 4.37. The molecule has 3 aromatic rings. The number of hydrogen-bond acceptors (Lipinski definition) is 2. The van der Waals surface area contributed by atoms with Crippen LogP contribution in [0.1, 0.15) is 65.2 Å². The van der Waals surface area contributed by atoms with E-state index in [1.165, 1.54) is 28.7 Å². The Kier molecular flexibility index (Phi) is 7.15. The molecule has 4 nitrogen and oxygen atoms in total. The predicted molar refractivity (Wildman–Crippen MR) is 123 cm³/mol. The molecule has 0 radical (unpaired) electrons. The molecule has 1 N–H and O–H groups in total. The average molecular weight is 433 g/mol. The lowest BCUT2D eigenvalue weighted by atomic mass is 10.0. The van der Waals surface area contributed by atoms with Crippen molar-refractivity contribution in [3.8, 4) is 0 Å². The number of amides is 1. The number of nitrogens with one attached hydrogen (secondary N) is 1. The Balaban J connectivity index is 1.25. The Morgan fingerprint density at radius 3 is 2.38 bits per heavy atom. The van der Waals surface area contributed by atoms with Gasteiger partial charge in [-0.3, -0.25) is 14.2 Å². The van der Waals surface area contributed by atoms with Crippen molar-refractivity contribution in [2.75, 3.05) is 0 Å². The van der Waals surface area contributed by atoms with Gasteiger partial charge in [-0.05, 0) is 73.1 Å². The lowest BCUT2D eigenvalue weighted by Crippen LogP contribution is -2.43. The van der Waals surface area contributed by atoms with Gasteiger partial charge in [0.1, 0.15) is 11.9 Å². The minimum atomic E-state index is -0.553. The molecule has 32 heavy (non-hydrogen) atoms. The number of nitrogens with zero attached hydrogens (tertiary/aromatic N) is 1. The fourth-order valence-corrected chi connectivity index (χ4v) is 4.37. The van der Waals surface area contributed by atoms with Crippen molar-refractivity contribution in [3.05, 3.63) is 96.1 Å². The summed E-state index contributed by atoms with van der Waals surface area (Å²) in [5, 5.41) is 2.93. The second-order valence-corrected chi connectivity index (χ2v) is 8.61. The van der Waals surface area contributed by atoms with Gasteiger partial charge in [0.25, 0.3) is 11.8 Å². The normalized spacial score (nSPS) is 18.2. The number of carbonyl (C=O) groups excluding carboxylic acids is 2. The summed E-state index contributed by atoms with van der Waals surface area (Å²) in [6, 6.07) is 18.9. The summed E-state index contributed by atoms with van der Waals surface area (Å²) in [7, 11) is 0. The molecule has 1 saturated carbocycles. The maximum atomic E-state index is 13.1. The summed E-state index contributed by atoms with van der Waals surface area (Å²) >= 11 is 0. The van der Waals surface area contributed by atoms with Crippen LogP contribution in [-0.2, 0) is 0 Å². The first kappa shape index (κ1) is 22.0. The van der Waals surface area contributed by atoms with Crippen LogP contribution in [0.4, 0.5) is 4.39 Å². The van der Waals surface area contributed by atoms with Crippen LogP contribution >= 0.6 is 0 Å². The van der Waals surface area contributed by atoms with Gasteiger partial charge >= 0.3 is 0 Å². The quantitative estimate of drug-likeness (QED) is 0.411. The lowest BCUT2D eigenvalue weighted by molar-refractivity contribution is 0.0797. The molecule has 0 spiro atoms. The molecular formula is C27H29FN2O2. The lowest BCUT2D eigenvalue weighted by Gasteiger charge is -2.18. The molecule has 1 fully saturated rings. The van der Waals surface area contributed by atoms with Gasteiger partial charge in [-0.1, -0.05) is 49.6 Å². The van der Waals surface area contributed by atoms with Crippen molar-refractivity contribution in [1.82, 2.24) is 9.88 Å². The third-order valence-corrected chi connectivity index (χ3v) is 6.29. The van der Waals surface area contributed by atoms with Gasteiger partial charge in [-0.2, -0.15) is 0 Å². The van der Waals surface area contributed by atoms with Crippen molar-refractivity contribution in [2.24, 2.45) is 5.92 Å². The summed E-state index contributed by atoms with van der Waals surface area (Å²) in [6.45, 7) is 0. The highest BCUT2D eigenvalue weighted by atomic mass is 19.1. The van der Waals surface area contributed by atoms with Crippen molar-refractivity contribution in [2.45, 2.75) is 50.5 Å². The SMILES string of the molecule is O=C(N[C@@H](CCCCC[C@H]1C[C@@H]1c1ccc(F)cc1)C(=O)n1cccc1)c1ccccc1. The standard InChI is InChI=1S/C27H29FN2O2/c28-23-15-13-20(14-16-23)24-19-22(24)11-5-2-6-12-25(27(32)30-17-7-8-18-30)29-26(31)21-9-3-1-4-10-21/h1,3-4,7-10,13-18,22,24-25H,2,5-6,11-12,19H2,(H,29,31)/t22-,24+,25-/m0/s1. The maximum absolute atomic E-state index is 13.1. The Morgan fingerprint density at radius 2 is 1.66 bits per heavy atom. The monoisotopic (exact) mass is 432 g/mol. The molecule has 3 atom stereocenters. The molecule has 5 heteroatoms. The van der Waals surface area contributed by atoms with Crippen LogP contribution < -0.4 is 5.32 Å². The smallest absolute Gasteiger partial charge is 0.253 e. The van der Waals surface area contributed by atoms with Gasteiger partial charge in [0.15, 0.2) is 0 Å². The van der Waals surface area contributed by atoms with E-state index in [-0.39, 0.29) is 17.6 Å². The maximum Gasteiger partial charge on any atom is 0.253 e. The Morgan fingerprint density at radius 1 is 0.938 bits per heavy atom. The van der Waals surface area contributed by atoms with E-state index in [0.29, 0.717) is 23.8 Å². The van der Waals surface area contributed by atoms with Crippen molar-refractivity contribution in [1.29, 1.82) is 0 Å². The molecule has 0 aliphatic heterocycles. The fraction of sp³-hybridized carbons (Fsp3) is 0.333. The highest BCUT2D eigenvalue weighted by Gasteiger charge is 2.37. The molecule has 0 bridgehead atoms. The Hall–Kier alpha value is -3.21. The molecule has 1 heterocycles. The van der Waals surface area contributed by atoms with Crippen molar-refractivity contribution in [3.63, 3.8) is 0 Å². The number of halogens is 1. The van der Waals surface area contributed by atoms with Crippen LogP contribution in [-0.4, -0.2) is 22.4 Å². The third kappa shape index (κ3) is 5.72. The summed E-state index contributed by atoms with van der Waals surface area (Å²) < 4.78 is 14.6. The van der Waals surface area contributed by atoms with E-state index in [1.54, 1.807) is 36.7 Å². The zero-order valence-corrected chi connectivity index (χ0v) is 18.1. The summed E-state index contributed by atoms with van der Waals surface area (Å²) in [6.07, 6.45) is 9.35. The van der Waals surface area contributed by atoms with Crippen LogP contribution in [0.15, 0.2) is 79.1 Å². The van der Waals surface area contributed by atoms with Gasteiger partial charge in [-0.15, -0.1) is 0 Å². The third-order valence-electron chi connectivity index (χ3n) is 6.29. The summed E-state index contributed by atoms with van der Waals surface area (Å²) in [4.78, 5) is 25.5. The molecule has 0 unspecified atom stereocenters. The van der Waals surface area contributed by atoms with E-state index in [9.17, 15) is 14.0 Å². The second kappa shape index (κ2) is 10.4. The molecule has 1 aliphatic carbocycles. The zero-order valence-electron chi connectivity index (χ0n) is 18.1. The molecule has 2 aromatic carbocycles. The first-order chi connectivity index (χ1) is 15.6. The average Bonchev–Trinajstić information content (AvgIpc) is 3.37. The number of rotatable bonds is 10. The van der Waals surface area contributed by atoms with Gasteiger partial charge in [0.05, 0.1) is 0 Å². The van der Waals surface area contributed by atoms with Gasteiger partial charge < -0.3 is 5.32 Å². The van der Waals surface area contributed by atoms with Crippen LogP contribution in [0.25, 0.3) is 0 Å². The molecular weight excluding hydrogens is 403 g/mol. The van der Waals surface area contributed by atoms with Gasteiger partial charge in [-0.25, -0.2) is 4.39 Å².